The van der Waals surface area contributed by atoms with E-state index in [1.165, 1.54) is 5.56 Å². The van der Waals surface area contributed by atoms with Gasteiger partial charge in [-0.25, -0.2) is 0 Å². The summed E-state index contributed by atoms with van der Waals surface area (Å²) in [6.45, 7) is 12.2. The van der Waals surface area contributed by atoms with Crippen LogP contribution in [0.3, 0.4) is 0 Å². The third kappa shape index (κ3) is 6.61. The van der Waals surface area contributed by atoms with Gasteiger partial charge in [-0.05, 0) is 32.3 Å². The van der Waals surface area contributed by atoms with E-state index in [1.54, 1.807) is 0 Å². The van der Waals surface area contributed by atoms with Crippen LogP contribution in [0, 0.1) is 5.41 Å². The van der Waals surface area contributed by atoms with Gasteiger partial charge in [0.1, 0.15) is 0 Å². The number of aliphatic imine (C=N–C) groups is 1. The molecule has 2 aliphatic heterocycles. The molecule has 0 spiro atoms. The van der Waals surface area contributed by atoms with Gasteiger partial charge in [-0.2, -0.15) is 0 Å². The van der Waals surface area contributed by atoms with Gasteiger partial charge in [0, 0.05) is 37.1 Å². The minimum absolute atomic E-state index is 0. The highest BCUT2D eigenvalue weighted by Crippen LogP contribution is 2.26. The average Bonchev–Trinajstić information content (AvgIpc) is 2.61. The van der Waals surface area contributed by atoms with Crippen LogP contribution in [0.15, 0.2) is 35.3 Å². The van der Waals surface area contributed by atoms with Crippen LogP contribution in [0.4, 0.5) is 0 Å². The fourth-order valence-electron chi connectivity index (χ4n) is 3.73. The monoisotopic (exact) mass is 486 g/mol. The highest BCUT2D eigenvalue weighted by atomic mass is 127. The fourth-order valence-corrected chi connectivity index (χ4v) is 3.73. The number of likely N-dealkylation sites (tertiary alicyclic amines) is 1. The van der Waals surface area contributed by atoms with Crippen molar-refractivity contribution in [2.24, 2.45) is 10.4 Å². The number of halogens is 1. The molecular formula is C21H35IN4O. The van der Waals surface area contributed by atoms with Crippen molar-refractivity contribution in [1.82, 2.24) is 15.5 Å². The molecule has 5 nitrogen and oxygen atoms in total. The minimum Gasteiger partial charge on any atom is -0.380 e. The van der Waals surface area contributed by atoms with Crippen LogP contribution in [0.25, 0.3) is 0 Å². The van der Waals surface area contributed by atoms with Gasteiger partial charge >= 0.3 is 0 Å². The minimum atomic E-state index is 0. The van der Waals surface area contributed by atoms with Gasteiger partial charge in [0.2, 0.25) is 0 Å². The summed E-state index contributed by atoms with van der Waals surface area (Å²) in [5.41, 5.74) is 1.62. The summed E-state index contributed by atoms with van der Waals surface area (Å²) in [4.78, 5) is 7.40. The van der Waals surface area contributed by atoms with E-state index in [1.807, 2.05) is 0 Å². The van der Waals surface area contributed by atoms with Crippen molar-refractivity contribution >= 4 is 29.9 Å². The lowest BCUT2D eigenvalue weighted by Gasteiger charge is -2.39. The van der Waals surface area contributed by atoms with Crippen LogP contribution in [-0.2, 0) is 11.3 Å². The van der Waals surface area contributed by atoms with Crippen molar-refractivity contribution in [1.29, 1.82) is 0 Å². The molecule has 152 valence electrons. The van der Waals surface area contributed by atoms with E-state index in [2.05, 4.69) is 66.6 Å². The van der Waals surface area contributed by atoms with Crippen molar-refractivity contribution < 1.29 is 4.74 Å². The summed E-state index contributed by atoms with van der Waals surface area (Å²) in [6.07, 6.45) is 2.31. The van der Waals surface area contributed by atoms with Gasteiger partial charge in [0.05, 0.1) is 19.8 Å². The van der Waals surface area contributed by atoms with Gasteiger partial charge in [-0.1, -0.05) is 37.3 Å². The second-order valence-corrected chi connectivity index (χ2v) is 8.17. The Morgan fingerprint density at radius 1 is 1.30 bits per heavy atom. The highest BCUT2D eigenvalue weighted by molar-refractivity contribution is 14.0. The first kappa shape index (κ1) is 22.4. The van der Waals surface area contributed by atoms with E-state index < -0.39 is 0 Å². The lowest BCUT2D eigenvalue weighted by molar-refractivity contribution is -0.0945. The molecule has 0 aliphatic carbocycles. The summed E-state index contributed by atoms with van der Waals surface area (Å²) in [6, 6.07) is 11.8. The predicted octanol–water partition coefficient (Wildman–Crippen LogP) is 3.25. The summed E-state index contributed by atoms with van der Waals surface area (Å²) in [5, 5.41) is 7.06. The Hall–Kier alpha value is -0.860. The van der Waals surface area contributed by atoms with E-state index in [4.69, 9.17) is 9.73 Å². The summed E-state index contributed by atoms with van der Waals surface area (Å²) < 4.78 is 5.34. The third-order valence-electron chi connectivity index (χ3n) is 5.45. The quantitative estimate of drug-likeness (QED) is 0.368. The molecule has 3 rings (SSSR count). The molecule has 2 heterocycles. The second-order valence-electron chi connectivity index (χ2n) is 8.17. The Labute approximate surface area is 181 Å². The first-order valence-electron chi connectivity index (χ1n) is 9.98. The number of hydrogen-bond donors (Lipinski definition) is 2. The van der Waals surface area contributed by atoms with Crippen LogP contribution in [-0.4, -0.2) is 55.8 Å². The first-order chi connectivity index (χ1) is 12.6. The number of ether oxygens (including phenoxy) is 1. The van der Waals surface area contributed by atoms with Gasteiger partial charge in [-0.15, -0.1) is 24.0 Å². The largest absolute Gasteiger partial charge is 0.380 e. The maximum atomic E-state index is 5.34. The second kappa shape index (κ2) is 10.6. The van der Waals surface area contributed by atoms with Crippen LogP contribution in [0.1, 0.15) is 39.2 Å². The van der Waals surface area contributed by atoms with Gasteiger partial charge < -0.3 is 15.4 Å². The van der Waals surface area contributed by atoms with Crippen molar-refractivity contribution in [3.63, 3.8) is 0 Å². The van der Waals surface area contributed by atoms with Crippen molar-refractivity contribution in [3.05, 3.63) is 35.9 Å². The molecule has 0 bridgehead atoms. The summed E-state index contributed by atoms with van der Waals surface area (Å²) in [7, 11) is 0. The molecule has 2 atom stereocenters. The maximum absolute atomic E-state index is 5.34. The molecule has 0 amide bonds. The molecule has 6 heteroatoms. The zero-order chi connectivity index (χ0) is 18.4. The number of rotatable bonds is 6. The molecule has 2 fully saturated rings. The maximum Gasteiger partial charge on any atom is 0.191 e. The Morgan fingerprint density at radius 2 is 2.04 bits per heavy atom. The standard InChI is InChI=1S/C21H34N4O.HI/c1-4-22-20(23-14-21(3)15-26-16-21)24-19-10-11-25(17(2)12-19)13-18-8-6-5-7-9-18;/h5-9,17,19H,4,10-16H2,1-3H3,(H2,22,23,24);1H. The Kier molecular flexibility index (Phi) is 8.82. The smallest absolute Gasteiger partial charge is 0.191 e. The van der Waals surface area contributed by atoms with Crippen LogP contribution in [0.5, 0.6) is 0 Å². The molecule has 0 saturated carbocycles. The average molecular weight is 486 g/mol. The molecule has 1 aromatic carbocycles. The van der Waals surface area contributed by atoms with Crippen molar-refractivity contribution in [2.45, 2.75) is 52.2 Å². The van der Waals surface area contributed by atoms with E-state index in [-0.39, 0.29) is 29.4 Å². The summed E-state index contributed by atoms with van der Waals surface area (Å²) in [5.74, 6) is 0.953. The lowest BCUT2D eigenvalue weighted by atomic mass is 9.89. The number of piperidine rings is 1. The molecule has 2 N–H and O–H groups in total. The Balaban J connectivity index is 0.00000261. The molecular weight excluding hydrogens is 451 g/mol. The molecule has 27 heavy (non-hydrogen) atoms. The van der Waals surface area contributed by atoms with E-state index in [9.17, 15) is 0 Å². The Morgan fingerprint density at radius 3 is 2.63 bits per heavy atom. The fraction of sp³-hybridized carbons (Fsp3) is 0.667. The first-order valence-corrected chi connectivity index (χ1v) is 9.98. The molecule has 2 unspecified atom stereocenters. The van der Waals surface area contributed by atoms with Gasteiger partial charge in [0.15, 0.2) is 5.96 Å². The Bertz CT molecular complexity index is 591. The normalized spacial score (nSPS) is 25.2. The molecule has 0 aromatic heterocycles. The third-order valence-corrected chi connectivity index (χ3v) is 5.45. The molecule has 2 saturated heterocycles. The number of nitrogens with one attached hydrogen (secondary N) is 2. The summed E-state index contributed by atoms with van der Waals surface area (Å²) >= 11 is 0. The molecule has 2 aliphatic rings. The SMILES string of the molecule is CCNC(=NCC1(C)COC1)NC1CCN(Cc2ccccc2)C(C)C1.I. The van der Waals surface area contributed by atoms with E-state index in [0.717, 1.165) is 58.2 Å². The van der Waals surface area contributed by atoms with Gasteiger partial charge in [-0.3, -0.25) is 9.89 Å². The molecule has 1 aromatic rings. The van der Waals surface area contributed by atoms with E-state index >= 15 is 0 Å². The van der Waals surface area contributed by atoms with Gasteiger partial charge in [0.25, 0.3) is 0 Å². The van der Waals surface area contributed by atoms with Crippen molar-refractivity contribution in [2.75, 3.05) is 32.8 Å². The number of nitrogens with zero attached hydrogens (tertiary/aromatic N) is 2. The molecule has 0 radical (unpaired) electrons. The van der Waals surface area contributed by atoms with Crippen LogP contribution < -0.4 is 10.6 Å². The number of hydrogen-bond acceptors (Lipinski definition) is 3. The topological polar surface area (TPSA) is 48.9 Å². The zero-order valence-corrected chi connectivity index (χ0v) is 19.2. The van der Waals surface area contributed by atoms with Crippen LogP contribution in [0.2, 0.25) is 0 Å². The highest BCUT2D eigenvalue weighted by Gasteiger charge is 2.33. The lowest BCUT2D eigenvalue weighted by Crippen LogP contribution is -2.51. The predicted molar refractivity (Wildman–Crippen MR) is 123 cm³/mol. The van der Waals surface area contributed by atoms with Crippen LogP contribution >= 0.6 is 24.0 Å². The van der Waals surface area contributed by atoms with E-state index in [0.29, 0.717) is 12.1 Å². The zero-order valence-electron chi connectivity index (χ0n) is 16.9. The number of guanidine groups is 1. The van der Waals surface area contributed by atoms with Crippen molar-refractivity contribution in [3.8, 4) is 0 Å². The number of benzene rings is 1.